The molecule has 9 heteroatoms. The number of carbonyl (C=O) groups is 1. The van der Waals surface area contributed by atoms with Crippen LogP contribution in [0.15, 0.2) is 42.7 Å². The van der Waals surface area contributed by atoms with Crippen molar-refractivity contribution in [1.82, 2.24) is 9.88 Å². The van der Waals surface area contributed by atoms with Crippen LogP contribution in [-0.4, -0.2) is 35.0 Å². The Kier molecular flexibility index (Phi) is 4.00. The smallest absolute Gasteiger partial charge is 0.433 e. The highest BCUT2D eigenvalue weighted by Gasteiger charge is 2.35. The molecule has 1 fully saturated rings. The Bertz CT molecular complexity index is 761. The van der Waals surface area contributed by atoms with E-state index in [0.29, 0.717) is 4.73 Å². The second-order valence-electron chi connectivity index (χ2n) is 5.26. The first-order valence-electron chi connectivity index (χ1n) is 7.02. The molecule has 126 valence electrons. The van der Waals surface area contributed by atoms with Crippen molar-refractivity contribution < 1.29 is 27.4 Å². The van der Waals surface area contributed by atoms with Crippen LogP contribution in [-0.2, 0) is 6.18 Å². The third-order valence-corrected chi connectivity index (χ3v) is 3.46. The summed E-state index contributed by atoms with van der Waals surface area (Å²) in [5, 5.41) is 11.2. The standard InChI is InChI=1S/C15H12F3N3O3/c16-15(17,18)12-4-1-5-13(19-12)24-11-8-20(9-11)14(22)10-3-2-6-21(23)7-10/h1-7,11H,8-9H2. The van der Waals surface area contributed by atoms with Gasteiger partial charge in [0.15, 0.2) is 12.4 Å². The summed E-state index contributed by atoms with van der Waals surface area (Å²) in [5.41, 5.74) is -0.792. The van der Waals surface area contributed by atoms with Crippen molar-refractivity contribution in [3.63, 3.8) is 0 Å². The minimum absolute atomic E-state index is 0.140. The number of pyridine rings is 2. The quantitative estimate of drug-likeness (QED) is 0.630. The zero-order valence-corrected chi connectivity index (χ0v) is 12.2. The van der Waals surface area contributed by atoms with Crippen molar-refractivity contribution in [3.8, 4) is 5.88 Å². The van der Waals surface area contributed by atoms with Crippen LogP contribution in [0.5, 0.6) is 5.88 Å². The average molecular weight is 339 g/mol. The molecule has 3 rings (SSSR count). The molecular formula is C15H12F3N3O3. The molecular weight excluding hydrogens is 327 g/mol. The molecule has 0 saturated carbocycles. The molecule has 0 unspecified atom stereocenters. The van der Waals surface area contributed by atoms with Gasteiger partial charge in [-0.3, -0.25) is 4.79 Å². The van der Waals surface area contributed by atoms with Gasteiger partial charge in [0.2, 0.25) is 5.88 Å². The second kappa shape index (κ2) is 5.99. The highest BCUT2D eigenvalue weighted by atomic mass is 19.4. The number of hydrogen-bond acceptors (Lipinski definition) is 4. The summed E-state index contributed by atoms with van der Waals surface area (Å²) in [6.45, 7) is 0.426. The Morgan fingerprint density at radius 3 is 2.71 bits per heavy atom. The van der Waals surface area contributed by atoms with Crippen molar-refractivity contribution in [3.05, 3.63) is 59.2 Å². The predicted molar refractivity (Wildman–Crippen MR) is 75.0 cm³/mol. The molecule has 0 spiro atoms. The van der Waals surface area contributed by atoms with Crippen LogP contribution in [0, 0.1) is 5.21 Å². The van der Waals surface area contributed by atoms with Gasteiger partial charge in [-0.1, -0.05) is 6.07 Å². The summed E-state index contributed by atoms with van der Waals surface area (Å²) >= 11 is 0. The number of likely N-dealkylation sites (tertiary alicyclic amines) is 1. The van der Waals surface area contributed by atoms with Crippen LogP contribution in [0.25, 0.3) is 0 Å². The zero-order chi connectivity index (χ0) is 17.3. The van der Waals surface area contributed by atoms with Crippen molar-refractivity contribution in [2.75, 3.05) is 13.1 Å². The van der Waals surface area contributed by atoms with E-state index in [1.165, 1.54) is 35.4 Å². The van der Waals surface area contributed by atoms with Gasteiger partial charge in [0, 0.05) is 12.1 Å². The van der Waals surface area contributed by atoms with Gasteiger partial charge < -0.3 is 14.8 Å². The molecule has 0 radical (unpaired) electrons. The molecule has 1 aliphatic heterocycles. The summed E-state index contributed by atoms with van der Waals surface area (Å²) in [5.74, 6) is -0.476. The van der Waals surface area contributed by atoms with E-state index in [-0.39, 0.29) is 30.4 Å². The molecule has 24 heavy (non-hydrogen) atoms. The molecule has 0 bridgehead atoms. The van der Waals surface area contributed by atoms with Crippen molar-refractivity contribution in [1.29, 1.82) is 0 Å². The first-order valence-corrected chi connectivity index (χ1v) is 7.02. The van der Waals surface area contributed by atoms with Crippen LogP contribution < -0.4 is 9.47 Å². The molecule has 2 aromatic heterocycles. The highest BCUT2D eigenvalue weighted by molar-refractivity contribution is 5.94. The van der Waals surface area contributed by atoms with E-state index in [9.17, 15) is 23.2 Å². The molecule has 2 aromatic rings. The van der Waals surface area contributed by atoms with Crippen LogP contribution in [0.4, 0.5) is 13.2 Å². The summed E-state index contributed by atoms with van der Waals surface area (Å²) < 4.78 is 43.6. The monoisotopic (exact) mass is 339 g/mol. The van der Waals surface area contributed by atoms with E-state index in [4.69, 9.17) is 4.74 Å². The zero-order valence-electron chi connectivity index (χ0n) is 12.2. The number of ether oxygens (including phenoxy) is 1. The molecule has 0 aliphatic carbocycles. The lowest BCUT2D eigenvalue weighted by atomic mass is 10.1. The lowest BCUT2D eigenvalue weighted by Crippen LogP contribution is -2.56. The fraction of sp³-hybridized carbons (Fsp3) is 0.267. The number of nitrogens with zero attached hydrogens (tertiary/aromatic N) is 3. The molecule has 6 nitrogen and oxygen atoms in total. The SMILES string of the molecule is O=C(c1ccc[n+]([O-])c1)N1CC(Oc2cccc(C(F)(F)F)n2)C1. The number of rotatable bonds is 3. The topological polar surface area (TPSA) is 69.4 Å². The highest BCUT2D eigenvalue weighted by Crippen LogP contribution is 2.29. The van der Waals surface area contributed by atoms with Gasteiger partial charge >= 0.3 is 6.18 Å². The van der Waals surface area contributed by atoms with Gasteiger partial charge in [0.1, 0.15) is 17.4 Å². The fourth-order valence-corrected chi connectivity index (χ4v) is 2.25. The predicted octanol–water partition coefficient (Wildman–Crippen LogP) is 1.64. The lowest BCUT2D eigenvalue weighted by molar-refractivity contribution is -0.605. The molecule has 1 amide bonds. The van der Waals surface area contributed by atoms with Gasteiger partial charge in [-0.05, 0) is 12.1 Å². The van der Waals surface area contributed by atoms with Gasteiger partial charge in [0.25, 0.3) is 5.91 Å². The van der Waals surface area contributed by atoms with Gasteiger partial charge in [-0.25, -0.2) is 4.98 Å². The molecule has 0 aromatic carbocycles. The number of halogens is 3. The van der Waals surface area contributed by atoms with E-state index in [1.807, 2.05) is 0 Å². The summed E-state index contributed by atoms with van der Waals surface area (Å²) in [6, 6.07) is 6.37. The fourth-order valence-electron chi connectivity index (χ4n) is 2.25. The molecule has 0 atom stereocenters. The van der Waals surface area contributed by atoms with Crippen LogP contribution in [0.3, 0.4) is 0 Å². The number of amides is 1. The summed E-state index contributed by atoms with van der Waals surface area (Å²) in [7, 11) is 0. The van der Waals surface area contributed by atoms with Crippen molar-refractivity contribution >= 4 is 5.91 Å². The maximum Gasteiger partial charge on any atom is 0.433 e. The van der Waals surface area contributed by atoms with Crippen LogP contribution in [0.2, 0.25) is 0 Å². The van der Waals surface area contributed by atoms with Crippen LogP contribution >= 0.6 is 0 Å². The summed E-state index contributed by atoms with van der Waals surface area (Å²) in [4.78, 5) is 17.0. The van der Waals surface area contributed by atoms with E-state index in [0.717, 1.165) is 12.3 Å². The van der Waals surface area contributed by atoms with E-state index in [2.05, 4.69) is 4.98 Å². The number of carbonyl (C=O) groups excluding carboxylic acids is 1. The Morgan fingerprint density at radius 1 is 1.29 bits per heavy atom. The maximum absolute atomic E-state index is 12.6. The first-order chi connectivity index (χ1) is 11.3. The largest absolute Gasteiger partial charge is 0.619 e. The molecule has 1 aliphatic rings. The van der Waals surface area contributed by atoms with Crippen molar-refractivity contribution in [2.45, 2.75) is 12.3 Å². The Balaban J connectivity index is 1.59. The van der Waals surface area contributed by atoms with Gasteiger partial charge in [-0.2, -0.15) is 17.9 Å². The Morgan fingerprint density at radius 2 is 2.04 bits per heavy atom. The minimum atomic E-state index is -4.54. The van der Waals surface area contributed by atoms with E-state index >= 15 is 0 Å². The normalized spacial score (nSPS) is 15.0. The number of aromatic nitrogens is 2. The average Bonchev–Trinajstić information content (AvgIpc) is 2.49. The van der Waals surface area contributed by atoms with Crippen molar-refractivity contribution in [2.24, 2.45) is 0 Å². The van der Waals surface area contributed by atoms with E-state index in [1.54, 1.807) is 0 Å². The lowest BCUT2D eigenvalue weighted by Gasteiger charge is -2.38. The van der Waals surface area contributed by atoms with E-state index < -0.39 is 18.0 Å². The van der Waals surface area contributed by atoms with Gasteiger partial charge in [0.05, 0.1) is 13.1 Å². The number of alkyl halides is 3. The third-order valence-electron chi connectivity index (χ3n) is 3.46. The maximum atomic E-state index is 12.6. The molecule has 3 heterocycles. The second-order valence-corrected chi connectivity index (χ2v) is 5.26. The Hall–Kier alpha value is -2.84. The first kappa shape index (κ1) is 16.0. The molecule has 0 N–H and O–H groups in total. The third kappa shape index (κ3) is 3.39. The van der Waals surface area contributed by atoms with Crippen LogP contribution in [0.1, 0.15) is 16.1 Å². The molecule has 1 saturated heterocycles. The minimum Gasteiger partial charge on any atom is -0.619 e. The summed E-state index contributed by atoms with van der Waals surface area (Å²) in [6.07, 6.45) is -2.56. The Labute approximate surface area is 134 Å². The van der Waals surface area contributed by atoms with Gasteiger partial charge in [-0.15, -0.1) is 0 Å². The number of hydrogen-bond donors (Lipinski definition) is 0.